The van der Waals surface area contributed by atoms with E-state index in [1.54, 1.807) is 19.1 Å². The summed E-state index contributed by atoms with van der Waals surface area (Å²) in [5.74, 6) is 0.00522. The predicted octanol–water partition coefficient (Wildman–Crippen LogP) is 3.37. The van der Waals surface area contributed by atoms with Crippen molar-refractivity contribution < 1.29 is 13.9 Å². The van der Waals surface area contributed by atoms with Crippen molar-refractivity contribution in [2.24, 2.45) is 16.1 Å². The van der Waals surface area contributed by atoms with Crippen LogP contribution in [0.1, 0.15) is 38.4 Å². The van der Waals surface area contributed by atoms with Gasteiger partial charge in [0.15, 0.2) is 5.76 Å². The molecule has 1 aliphatic carbocycles. The standard InChI is InChI=1S/C14H17ClN2O3/c1-2-19-14(18)12(11-8-5-9-20-11)16-17-13(15)10-6-3-4-7-10/h5,8-10H,2-4,6-7H2,1H3. The van der Waals surface area contributed by atoms with E-state index in [2.05, 4.69) is 10.2 Å². The highest BCUT2D eigenvalue weighted by atomic mass is 35.5. The Kier molecular flexibility index (Phi) is 5.35. The summed E-state index contributed by atoms with van der Waals surface area (Å²) in [6.07, 6.45) is 5.82. The van der Waals surface area contributed by atoms with Gasteiger partial charge in [-0.25, -0.2) is 4.79 Å². The van der Waals surface area contributed by atoms with Crippen LogP contribution in [0.5, 0.6) is 0 Å². The van der Waals surface area contributed by atoms with Gasteiger partial charge >= 0.3 is 5.97 Å². The zero-order valence-corrected chi connectivity index (χ0v) is 12.1. The predicted molar refractivity (Wildman–Crippen MR) is 77.1 cm³/mol. The van der Waals surface area contributed by atoms with Crippen LogP contribution in [0.4, 0.5) is 0 Å². The molecule has 0 unspecified atom stereocenters. The SMILES string of the molecule is CCOC(=O)C(=NN=C(Cl)C1CCCC1)c1ccco1. The summed E-state index contributed by atoms with van der Waals surface area (Å²) in [7, 11) is 0. The molecule has 0 aromatic carbocycles. The van der Waals surface area contributed by atoms with Crippen LogP contribution in [0.2, 0.25) is 0 Å². The van der Waals surface area contributed by atoms with Crippen LogP contribution >= 0.6 is 11.6 Å². The molecule has 1 aliphatic rings. The molecule has 0 N–H and O–H groups in total. The number of nitrogens with zero attached hydrogens (tertiary/aromatic N) is 2. The Morgan fingerprint density at radius 1 is 1.45 bits per heavy atom. The van der Waals surface area contributed by atoms with Crippen molar-refractivity contribution in [3.63, 3.8) is 0 Å². The number of rotatable bonds is 5. The van der Waals surface area contributed by atoms with Gasteiger partial charge in [-0.2, -0.15) is 0 Å². The van der Waals surface area contributed by atoms with Crippen molar-refractivity contribution in [3.8, 4) is 0 Å². The molecule has 0 spiro atoms. The second-order valence-electron chi connectivity index (χ2n) is 4.55. The Labute approximate surface area is 122 Å². The first kappa shape index (κ1) is 14.8. The monoisotopic (exact) mass is 296 g/mol. The smallest absolute Gasteiger partial charge is 0.362 e. The highest BCUT2D eigenvalue weighted by Crippen LogP contribution is 2.27. The van der Waals surface area contributed by atoms with Gasteiger partial charge in [-0.05, 0) is 31.9 Å². The molecule has 1 aromatic rings. The van der Waals surface area contributed by atoms with Crippen LogP contribution in [-0.4, -0.2) is 23.5 Å². The van der Waals surface area contributed by atoms with Gasteiger partial charge in [0.25, 0.3) is 0 Å². The van der Waals surface area contributed by atoms with Crippen LogP contribution in [0.25, 0.3) is 0 Å². The lowest BCUT2D eigenvalue weighted by Crippen LogP contribution is -2.18. The molecule has 0 amide bonds. The van der Waals surface area contributed by atoms with Gasteiger partial charge in [0.1, 0.15) is 5.17 Å². The van der Waals surface area contributed by atoms with Gasteiger partial charge in [-0.15, -0.1) is 10.2 Å². The van der Waals surface area contributed by atoms with E-state index in [9.17, 15) is 4.79 Å². The number of halogens is 1. The Balaban J connectivity index is 2.19. The summed E-state index contributed by atoms with van der Waals surface area (Å²) in [5, 5.41) is 8.35. The summed E-state index contributed by atoms with van der Waals surface area (Å²) in [6, 6.07) is 3.31. The van der Waals surface area contributed by atoms with Crippen LogP contribution in [0.3, 0.4) is 0 Å². The third-order valence-electron chi connectivity index (χ3n) is 3.16. The van der Waals surface area contributed by atoms with E-state index in [-0.39, 0.29) is 18.2 Å². The maximum Gasteiger partial charge on any atom is 0.362 e. The van der Waals surface area contributed by atoms with E-state index in [0.29, 0.717) is 10.9 Å². The maximum absolute atomic E-state index is 11.9. The molecule has 0 atom stereocenters. The molecule has 108 valence electrons. The fourth-order valence-electron chi connectivity index (χ4n) is 2.15. The van der Waals surface area contributed by atoms with Crippen LogP contribution in [-0.2, 0) is 9.53 Å². The average Bonchev–Trinajstić information content (AvgIpc) is 3.12. The zero-order chi connectivity index (χ0) is 14.4. The molecule has 0 aliphatic heterocycles. The fraction of sp³-hybridized carbons (Fsp3) is 0.500. The van der Waals surface area contributed by atoms with Crippen molar-refractivity contribution in [2.75, 3.05) is 6.61 Å². The number of carbonyl (C=O) groups excluding carboxylic acids is 1. The van der Waals surface area contributed by atoms with Crippen molar-refractivity contribution in [3.05, 3.63) is 24.2 Å². The number of esters is 1. The Morgan fingerprint density at radius 3 is 2.80 bits per heavy atom. The van der Waals surface area contributed by atoms with Gasteiger partial charge in [0.05, 0.1) is 12.9 Å². The van der Waals surface area contributed by atoms with Gasteiger partial charge < -0.3 is 9.15 Å². The van der Waals surface area contributed by atoms with E-state index in [1.165, 1.54) is 6.26 Å². The summed E-state index contributed by atoms with van der Waals surface area (Å²) in [6.45, 7) is 1.99. The van der Waals surface area contributed by atoms with Crippen molar-refractivity contribution in [1.29, 1.82) is 0 Å². The zero-order valence-electron chi connectivity index (χ0n) is 11.3. The van der Waals surface area contributed by atoms with E-state index >= 15 is 0 Å². The lowest BCUT2D eigenvalue weighted by Gasteiger charge is -2.04. The third-order valence-corrected chi connectivity index (χ3v) is 3.55. The minimum Gasteiger partial charge on any atom is -0.462 e. The Bertz CT molecular complexity index is 502. The summed E-state index contributed by atoms with van der Waals surface area (Å²) < 4.78 is 10.1. The number of hydrogen-bond acceptors (Lipinski definition) is 5. The average molecular weight is 297 g/mol. The van der Waals surface area contributed by atoms with E-state index in [4.69, 9.17) is 20.8 Å². The molecule has 20 heavy (non-hydrogen) atoms. The Hall–Kier alpha value is -1.62. The first-order valence-electron chi connectivity index (χ1n) is 6.74. The lowest BCUT2D eigenvalue weighted by molar-refractivity contribution is -0.135. The molecule has 1 aromatic heterocycles. The van der Waals surface area contributed by atoms with Crippen LogP contribution in [0, 0.1) is 5.92 Å². The lowest BCUT2D eigenvalue weighted by atomic mass is 10.1. The van der Waals surface area contributed by atoms with E-state index < -0.39 is 5.97 Å². The second kappa shape index (κ2) is 7.24. The third kappa shape index (κ3) is 3.70. The molecule has 0 saturated heterocycles. The summed E-state index contributed by atoms with van der Waals surface area (Å²) in [4.78, 5) is 11.9. The fourth-order valence-corrected chi connectivity index (χ4v) is 2.40. The van der Waals surface area contributed by atoms with Gasteiger partial charge in [-0.3, -0.25) is 0 Å². The van der Waals surface area contributed by atoms with Gasteiger partial charge in [0.2, 0.25) is 5.71 Å². The van der Waals surface area contributed by atoms with Crippen LogP contribution < -0.4 is 0 Å². The minimum absolute atomic E-state index is 0.0352. The number of hydrogen-bond donors (Lipinski definition) is 0. The van der Waals surface area contributed by atoms with E-state index in [0.717, 1.165) is 25.7 Å². The summed E-state index contributed by atoms with van der Waals surface area (Å²) >= 11 is 6.13. The maximum atomic E-state index is 11.9. The number of ether oxygens (including phenoxy) is 1. The molecule has 6 heteroatoms. The van der Waals surface area contributed by atoms with Crippen molar-refractivity contribution >= 4 is 28.5 Å². The number of furan rings is 1. The highest BCUT2D eigenvalue weighted by molar-refractivity contribution is 6.66. The quantitative estimate of drug-likeness (QED) is 0.475. The largest absolute Gasteiger partial charge is 0.462 e. The second-order valence-corrected chi connectivity index (χ2v) is 4.94. The normalized spacial score (nSPS) is 17.5. The van der Waals surface area contributed by atoms with Gasteiger partial charge in [0, 0.05) is 5.92 Å². The van der Waals surface area contributed by atoms with Crippen LogP contribution in [0.15, 0.2) is 33.0 Å². The summed E-state index contributed by atoms with van der Waals surface area (Å²) in [5.41, 5.74) is 0.0352. The van der Waals surface area contributed by atoms with Crippen molar-refractivity contribution in [2.45, 2.75) is 32.6 Å². The first-order valence-corrected chi connectivity index (χ1v) is 7.12. The molecule has 2 rings (SSSR count). The molecule has 5 nitrogen and oxygen atoms in total. The van der Waals surface area contributed by atoms with Crippen molar-refractivity contribution in [1.82, 2.24) is 0 Å². The minimum atomic E-state index is -0.568. The Morgan fingerprint density at radius 2 is 2.20 bits per heavy atom. The molecular weight excluding hydrogens is 280 g/mol. The molecule has 1 heterocycles. The molecule has 1 saturated carbocycles. The molecule has 1 fully saturated rings. The molecule has 0 bridgehead atoms. The number of carbonyl (C=O) groups is 1. The topological polar surface area (TPSA) is 64.2 Å². The highest BCUT2D eigenvalue weighted by Gasteiger charge is 2.21. The van der Waals surface area contributed by atoms with Gasteiger partial charge in [-0.1, -0.05) is 24.4 Å². The van der Waals surface area contributed by atoms with E-state index in [1.807, 2.05) is 0 Å². The first-order chi connectivity index (χ1) is 9.72. The molecule has 0 radical (unpaired) electrons. The molecular formula is C14H17ClN2O3.